The first-order chi connectivity index (χ1) is 15.7. The molecule has 2 aromatic rings. The molecule has 0 radical (unpaired) electrons. The molecule has 0 unspecified atom stereocenters. The number of rotatable bonds is 5. The minimum absolute atomic E-state index is 0.150. The van der Waals surface area contributed by atoms with E-state index in [1.165, 1.54) is 53.7 Å². The van der Waals surface area contributed by atoms with E-state index in [9.17, 15) is 4.79 Å². The maximum absolute atomic E-state index is 12.9. The highest BCUT2D eigenvalue weighted by molar-refractivity contribution is 5.79. The zero-order valence-electron chi connectivity index (χ0n) is 19.4. The molecule has 0 bridgehead atoms. The number of carbonyl (C=O) groups excluding carboxylic acids is 1. The van der Waals surface area contributed by atoms with Crippen LogP contribution in [0.15, 0.2) is 42.5 Å². The summed E-state index contributed by atoms with van der Waals surface area (Å²) in [6, 6.07) is 16.7. The second kappa shape index (κ2) is 9.76. The predicted molar refractivity (Wildman–Crippen MR) is 129 cm³/mol. The number of fused-ring (bicyclic) bond motifs is 1. The lowest BCUT2D eigenvalue weighted by atomic mass is 9.92. The van der Waals surface area contributed by atoms with Crippen molar-refractivity contribution in [1.82, 2.24) is 9.80 Å². The van der Waals surface area contributed by atoms with E-state index < -0.39 is 0 Å². The van der Waals surface area contributed by atoms with Crippen LogP contribution in [0.5, 0.6) is 0 Å². The molecule has 2 fully saturated rings. The van der Waals surface area contributed by atoms with E-state index in [2.05, 4.69) is 59.2 Å². The van der Waals surface area contributed by atoms with Crippen LogP contribution in [-0.4, -0.2) is 54.6 Å². The fraction of sp³-hybridized carbons (Fsp3) is 0.536. The number of ether oxygens (including phenoxy) is 1. The predicted octanol–water partition coefficient (Wildman–Crippen LogP) is 4.69. The fourth-order valence-electron chi connectivity index (χ4n) is 5.58. The number of hydrogen-bond donors (Lipinski definition) is 0. The van der Waals surface area contributed by atoms with E-state index in [4.69, 9.17) is 4.74 Å². The molecule has 0 saturated carbocycles. The molecule has 0 aromatic heterocycles. The normalized spacial score (nSPS) is 22.2. The lowest BCUT2D eigenvalue weighted by molar-refractivity contribution is -0.139. The van der Waals surface area contributed by atoms with Gasteiger partial charge in [-0.05, 0) is 79.8 Å². The highest BCUT2D eigenvalue weighted by Gasteiger charge is 2.28. The zero-order chi connectivity index (χ0) is 21.9. The van der Waals surface area contributed by atoms with Crippen LogP contribution in [0.25, 0.3) is 11.1 Å². The van der Waals surface area contributed by atoms with Gasteiger partial charge in [-0.3, -0.25) is 4.79 Å². The summed E-state index contributed by atoms with van der Waals surface area (Å²) in [5, 5.41) is 0. The summed E-state index contributed by atoms with van der Waals surface area (Å²) in [4.78, 5) is 17.6. The lowest BCUT2D eigenvalue weighted by Gasteiger charge is -2.33. The Morgan fingerprint density at radius 3 is 2.50 bits per heavy atom. The first kappa shape index (κ1) is 21.7. The Hall–Kier alpha value is -2.17. The van der Waals surface area contributed by atoms with Crippen molar-refractivity contribution in [1.29, 1.82) is 0 Å². The van der Waals surface area contributed by atoms with Crippen molar-refractivity contribution in [2.75, 3.05) is 32.8 Å². The van der Waals surface area contributed by atoms with Gasteiger partial charge in [-0.25, -0.2) is 0 Å². The summed E-state index contributed by atoms with van der Waals surface area (Å²) in [6.45, 7) is 7.81. The summed E-state index contributed by atoms with van der Waals surface area (Å²) >= 11 is 0. The van der Waals surface area contributed by atoms with Crippen LogP contribution in [-0.2, 0) is 28.9 Å². The van der Waals surface area contributed by atoms with E-state index >= 15 is 0 Å². The van der Waals surface area contributed by atoms with Gasteiger partial charge in [-0.2, -0.15) is 0 Å². The third-order valence-corrected chi connectivity index (χ3v) is 7.77. The highest BCUT2D eigenvalue weighted by atomic mass is 16.5. The van der Waals surface area contributed by atoms with Gasteiger partial charge in [0.15, 0.2) is 0 Å². The van der Waals surface area contributed by atoms with Crippen molar-refractivity contribution in [3.05, 3.63) is 59.2 Å². The van der Waals surface area contributed by atoms with E-state index in [0.29, 0.717) is 5.91 Å². The standard InChI is InChI=1S/C28H36N2O2/c1-21-3-2-14-29(21)15-10-22-4-6-23(7-5-22)25-8-9-27-20-30(16-11-26(27)19-25)28(31)24-12-17-32-18-13-24/h4-9,19,21,24H,2-3,10-18,20H2,1H3/t21-/m1/s1. The summed E-state index contributed by atoms with van der Waals surface area (Å²) in [5.41, 5.74) is 6.69. The number of hydrogen-bond acceptors (Lipinski definition) is 3. The molecule has 3 heterocycles. The van der Waals surface area contributed by atoms with Crippen molar-refractivity contribution in [3.8, 4) is 11.1 Å². The molecule has 4 nitrogen and oxygen atoms in total. The van der Waals surface area contributed by atoms with Gasteiger partial charge in [0, 0.05) is 44.8 Å². The third kappa shape index (κ3) is 4.77. The number of nitrogens with zero attached hydrogens (tertiary/aromatic N) is 2. The Kier molecular flexibility index (Phi) is 6.61. The molecular formula is C28H36N2O2. The Balaban J connectivity index is 1.21. The molecule has 170 valence electrons. The molecule has 0 aliphatic carbocycles. The Bertz CT molecular complexity index is 933. The molecule has 0 spiro atoms. The van der Waals surface area contributed by atoms with E-state index in [1.807, 2.05) is 0 Å². The van der Waals surface area contributed by atoms with Crippen LogP contribution in [0.2, 0.25) is 0 Å². The average molecular weight is 433 g/mol. The molecule has 4 heteroatoms. The monoisotopic (exact) mass is 432 g/mol. The van der Waals surface area contributed by atoms with Gasteiger partial charge in [0.2, 0.25) is 5.91 Å². The SMILES string of the molecule is C[C@@H]1CCCN1CCc1ccc(-c2ccc3c(c2)CCN(C(=O)C2CCOCC2)C3)cc1. The van der Waals surface area contributed by atoms with Crippen molar-refractivity contribution < 1.29 is 9.53 Å². The first-order valence-electron chi connectivity index (χ1n) is 12.5. The number of carbonyl (C=O) groups is 1. The van der Waals surface area contributed by atoms with E-state index in [-0.39, 0.29) is 5.92 Å². The summed E-state index contributed by atoms with van der Waals surface area (Å²) in [5.74, 6) is 0.471. The molecular weight excluding hydrogens is 396 g/mol. The van der Waals surface area contributed by atoms with Gasteiger partial charge in [-0.1, -0.05) is 42.5 Å². The fourth-order valence-corrected chi connectivity index (χ4v) is 5.58. The maximum atomic E-state index is 12.9. The second-order valence-corrected chi connectivity index (χ2v) is 9.85. The van der Waals surface area contributed by atoms with Gasteiger partial charge in [0.05, 0.1) is 0 Å². The molecule has 3 aliphatic rings. The molecule has 0 N–H and O–H groups in total. The van der Waals surface area contributed by atoms with Crippen LogP contribution < -0.4 is 0 Å². The van der Waals surface area contributed by atoms with Crippen LogP contribution in [0.3, 0.4) is 0 Å². The highest BCUT2D eigenvalue weighted by Crippen LogP contribution is 2.28. The van der Waals surface area contributed by atoms with Crippen molar-refractivity contribution >= 4 is 5.91 Å². The zero-order valence-corrected chi connectivity index (χ0v) is 19.4. The van der Waals surface area contributed by atoms with Crippen LogP contribution >= 0.6 is 0 Å². The van der Waals surface area contributed by atoms with Gasteiger partial charge in [-0.15, -0.1) is 0 Å². The van der Waals surface area contributed by atoms with E-state index in [1.54, 1.807) is 0 Å². The van der Waals surface area contributed by atoms with E-state index in [0.717, 1.165) is 58.0 Å². The third-order valence-electron chi connectivity index (χ3n) is 7.77. The molecule has 1 amide bonds. The van der Waals surface area contributed by atoms with Crippen LogP contribution in [0, 0.1) is 5.92 Å². The first-order valence-corrected chi connectivity index (χ1v) is 12.5. The Morgan fingerprint density at radius 2 is 1.75 bits per heavy atom. The van der Waals surface area contributed by atoms with Crippen molar-refractivity contribution in [2.45, 2.75) is 58.0 Å². The molecule has 5 rings (SSSR count). The van der Waals surface area contributed by atoms with Crippen LogP contribution in [0.1, 0.15) is 49.3 Å². The number of likely N-dealkylation sites (tertiary alicyclic amines) is 1. The average Bonchev–Trinajstić information content (AvgIpc) is 3.27. The Labute approximate surface area is 192 Å². The van der Waals surface area contributed by atoms with Crippen LogP contribution in [0.4, 0.5) is 0 Å². The van der Waals surface area contributed by atoms with Crippen molar-refractivity contribution in [3.63, 3.8) is 0 Å². The van der Waals surface area contributed by atoms with Crippen molar-refractivity contribution in [2.24, 2.45) is 5.92 Å². The number of benzene rings is 2. The topological polar surface area (TPSA) is 32.8 Å². The Morgan fingerprint density at radius 1 is 0.969 bits per heavy atom. The molecule has 3 aliphatic heterocycles. The molecule has 1 atom stereocenters. The second-order valence-electron chi connectivity index (χ2n) is 9.85. The van der Waals surface area contributed by atoms with Gasteiger partial charge < -0.3 is 14.5 Å². The summed E-state index contributed by atoms with van der Waals surface area (Å²) in [7, 11) is 0. The quantitative estimate of drug-likeness (QED) is 0.687. The maximum Gasteiger partial charge on any atom is 0.226 e. The minimum Gasteiger partial charge on any atom is -0.381 e. The van der Waals surface area contributed by atoms with Gasteiger partial charge in [0.25, 0.3) is 0 Å². The largest absolute Gasteiger partial charge is 0.381 e. The number of amides is 1. The minimum atomic E-state index is 0.150. The summed E-state index contributed by atoms with van der Waals surface area (Å²) in [6.07, 6.45) is 6.51. The molecule has 2 aromatic carbocycles. The summed E-state index contributed by atoms with van der Waals surface area (Å²) < 4.78 is 5.42. The lowest BCUT2D eigenvalue weighted by Crippen LogP contribution is -2.41. The molecule has 32 heavy (non-hydrogen) atoms. The smallest absolute Gasteiger partial charge is 0.226 e. The molecule has 2 saturated heterocycles. The van der Waals surface area contributed by atoms with Gasteiger partial charge in [0.1, 0.15) is 0 Å². The van der Waals surface area contributed by atoms with Gasteiger partial charge >= 0.3 is 0 Å².